The zero-order valence-electron chi connectivity index (χ0n) is 9.83. The van der Waals surface area contributed by atoms with E-state index in [4.69, 9.17) is 5.73 Å². The molecule has 0 aromatic heterocycles. The molecule has 1 aliphatic heterocycles. The summed E-state index contributed by atoms with van der Waals surface area (Å²) in [6.07, 6.45) is 3.40. The van der Waals surface area contributed by atoms with Crippen LogP contribution in [0.5, 0.6) is 0 Å². The molecule has 94 valence electrons. The maximum atomic E-state index is 13.1. The summed E-state index contributed by atoms with van der Waals surface area (Å²) in [7, 11) is 0. The minimum Gasteiger partial charge on any atom is -0.329 e. The lowest BCUT2D eigenvalue weighted by Crippen LogP contribution is -2.43. The molecule has 0 amide bonds. The molecule has 1 aromatic rings. The molecule has 2 N–H and O–H groups in total. The van der Waals surface area contributed by atoms with Gasteiger partial charge >= 0.3 is 0 Å². The number of nitrogens with zero attached hydrogens (tertiary/aromatic N) is 1. The molecule has 1 heterocycles. The standard InChI is InChI=1S/C13H18F2N2/c14-11-5-10(6-12(15)7-11)9-17-4-2-1-3-13(17)8-16/h5-7,13H,1-4,8-9,16H2/t13-/m1/s1. The summed E-state index contributed by atoms with van der Waals surface area (Å²) < 4.78 is 26.2. The molecule has 0 spiro atoms. The van der Waals surface area contributed by atoms with Crippen molar-refractivity contribution in [3.8, 4) is 0 Å². The number of rotatable bonds is 3. The molecule has 1 fully saturated rings. The highest BCUT2D eigenvalue weighted by Gasteiger charge is 2.21. The Balaban J connectivity index is 2.08. The number of hydrogen-bond donors (Lipinski definition) is 1. The Morgan fingerprint density at radius 2 is 1.88 bits per heavy atom. The molecule has 17 heavy (non-hydrogen) atoms. The highest BCUT2D eigenvalue weighted by atomic mass is 19.1. The maximum absolute atomic E-state index is 13.1. The third-order valence-corrected chi connectivity index (χ3v) is 3.33. The predicted octanol–water partition coefficient (Wildman–Crippen LogP) is 2.28. The van der Waals surface area contributed by atoms with Gasteiger partial charge in [-0.3, -0.25) is 4.90 Å². The molecule has 0 bridgehead atoms. The summed E-state index contributed by atoms with van der Waals surface area (Å²) in [5.41, 5.74) is 6.40. The lowest BCUT2D eigenvalue weighted by molar-refractivity contribution is 0.144. The number of benzene rings is 1. The summed E-state index contributed by atoms with van der Waals surface area (Å²) in [5, 5.41) is 0. The van der Waals surface area contributed by atoms with Crippen LogP contribution in [-0.2, 0) is 6.54 Å². The van der Waals surface area contributed by atoms with Gasteiger partial charge in [-0.2, -0.15) is 0 Å². The highest BCUT2D eigenvalue weighted by Crippen LogP contribution is 2.19. The van der Waals surface area contributed by atoms with E-state index in [1.165, 1.54) is 18.6 Å². The van der Waals surface area contributed by atoms with E-state index in [1.54, 1.807) is 0 Å². The van der Waals surface area contributed by atoms with E-state index in [0.717, 1.165) is 25.5 Å². The fourth-order valence-corrected chi connectivity index (χ4v) is 2.47. The van der Waals surface area contributed by atoms with Gasteiger partial charge in [-0.25, -0.2) is 8.78 Å². The average Bonchev–Trinajstić information content (AvgIpc) is 2.28. The van der Waals surface area contributed by atoms with Crippen LogP contribution in [0, 0.1) is 11.6 Å². The van der Waals surface area contributed by atoms with Crippen molar-refractivity contribution in [1.29, 1.82) is 0 Å². The second-order valence-corrected chi connectivity index (χ2v) is 4.63. The Kier molecular flexibility index (Phi) is 4.07. The Morgan fingerprint density at radius 3 is 2.53 bits per heavy atom. The molecule has 0 saturated carbocycles. The summed E-state index contributed by atoms with van der Waals surface area (Å²) in [6.45, 7) is 2.15. The lowest BCUT2D eigenvalue weighted by atomic mass is 10.0. The van der Waals surface area contributed by atoms with E-state index in [1.807, 2.05) is 0 Å². The van der Waals surface area contributed by atoms with E-state index in [9.17, 15) is 8.78 Å². The van der Waals surface area contributed by atoms with Gasteiger partial charge < -0.3 is 5.73 Å². The second kappa shape index (κ2) is 5.56. The molecule has 2 nitrogen and oxygen atoms in total. The van der Waals surface area contributed by atoms with E-state index >= 15 is 0 Å². The quantitative estimate of drug-likeness (QED) is 0.878. The first-order valence-electron chi connectivity index (χ1n) is 6.08. The van der Waals surface area contributed by atoms with Gasteiger partial charge in [-0.05, 0) is 37.1 Å². The fraction of sp³-hybridized carbons (Fsp3) is 0.538. The van der Waals surface area contributed by atoms with Gasteiger partial charge in [0.1, 0.15) is 11.6 Å². The molecular weight excluding hydrogens is 222 g/mol. The van der Waals surface area contributed by atoms with Crippen molar-refractivity contribution in [2.75, 3.05) is 13.1 Å². The van der Waals surface area contributed by atoms with Crippen LogP contribution in [0.15, 0.2) is 18.2 Å². The number of hydrogen-bond acceptors (Lipinski definition) is 2. The smallest absolute Gasteiger partial charge is 0.126 e. The predicted molar refractivity (Wildman–Crippen MR) is 63.5 cm³/mol. The van der Waals surface area contributed by atoms with Gasteiger partial charge in [0, 0.05) is 25.2 Å². The highest BCUT2D eigenvalue weighted by molar-refractivity contribution is 5.18. The van der Waals surface area contributed by atoms with Crippen molar-refractivity contribution in [3.63, 3.8) is 0 Å². The third-order valence-electron chi connectivity index (χ3n) is 3.33. The van der Waals surface area contributed by atoms with E-state index in [-0.39, 0.29) is 0 Å². The topological polar surface area (TPSA) is 29.3 Å². The molecule has 1 saturated heterocycles. The van der Waals surface area contributed by atoms with Gasteiger partial charge in [0.05, 0.1) is 0 Å². The normalized spacial score (nSPS) is 21.7. The third kappa shape index (κ3) is 3.23. The van der Waals surface area contributed by atoms with Crippen molar-refractivity contribution < 1.29 is 8.78 Å². The first-order chi connectivity index (χ1) is 8.19. The van der Waals surface area contributed by atoms with Crippen molar-refractivity contribution >= 4 is 0 Å². The molecule has 2 rings (SSSR count). The Bertz CT molecular complexity index is 361. The van der Waals surface area contributed by atoms with Crippen LogP contribution in [0.25, 0.3) is 0 Å². The van der Waals surface area contributed by atoms with Crippen LogP contribution in [0.2, 0.25) is 0 Å². The lowest BCUT2D eigenvalue weighted by Gasteiger charge is -2.35. The summed E-state index contributed by atoms with van der Waals surface area (Å²) in [5.74, 6) is -1.03. The van der Waals surface area contributed by atoms with Crippen LogP contribution < -0.4 is 5.73 Å². The van der Waals surface area contributed by atoms with E-state index < -0.39 is 11.6 Å². The van der Waals surface area contributed by atoms with Crippen molar-refractivity contribution in [3.05, 3.63) is 35.4 Å². The molecule has 1 aromatic carbocycles. The molecule has 0 radical (unpaired) electrons. The number of piperidine rings is 1. The fourth-order valence-electron chi connectivity index (χ4n) is 2.47. The Morgan fingerprint density at radius 1 is 1.18 bits per heavy atom. The van der Waals surface area contributed by atoms with Crippen LogP contribution >= 0.6 is 0 Å². The van der Waals surface area contributed by atoms with Gasteiger partial charge in [-0.1, -0.05) is 6.42 Å². The molecule has 1 atom stereocenters. The summed E-state index contributed by atoms with van der Waals surface area (Å²) in [4.78, 5) is 2.22. The first kappa shape index (κ1) is 12.5. The zero-order valence-corrected chi connectivity index (χ0v) is 9.83. The van der Waals surface area contributed by atoms with Crippen molar-refractivity contribution in [2.24, 2.45) is 5.73 Å². The van der Waals surface area contributed by atoms with Crippen molar-refractivity contribution in [1.82, 2.24) is 4.90 Å². The van der Waals surface area contributed by atoms with Gasteiger partial charge in [-0.15, -0.1) is 0 Å². The van der Waals surface area contributed by atoms with E-state index in [0.29, 0.717) is 24.7 Å². The van der Waals surface area contributed by atoms with Crippen molar-refractivity contribution in [2.45, 2.75) is 31.8 Å². The number of halogens is 2. The monoisotopic (exact) mass is 240 g/mol. The Hall–Kier alpha value is -1.00. The molecular formula is C13H18F2N2. The van der Waals surface area contributed by atoms with Crippen LogP contribution in [0.1, 0.15) is 24.8 Å². The van der Waals surface area contributed by atoms with Crippen LogP contribution in [-0.4, -0.2) is 24.0 Å². The second-order valence-electron chi connectivity index (χ2n) is 4.63. The minimum atomic E-state index is -0.513. The summed E-state index contributed by atoms with van der Waals surface area (Å²) >= 11 is 0. The van der Waals surface area contributed by atoms with E-state index in [2.05, 4.69) is 4.90 Å². The van der Waals surface area contributed by atoms with Crippen LogP contribution in [0.3, 0.4) is 0 Å². The molecule has 0 aliphatic carbocycles. The van der Waals surface area contributed by atoms with Gasteiger partial charge in [0.2, 0.25) is 0 Å². The largest absolute Gasteiger partial charge is 0.329 e. The average molecular weight is 240 g/mol. The minimum absolute atomic E-state index is 0.343. The molecule has 0 unspecified atom stereocenters. The summed E-state index contributed by atoms with van der Waals surface area (Å²) in [6, 6.07) is 4.03. The number of likely N-dealkylation sites (tertiary alicyclic amines) is 1. The van der Waals surface area contributed by atoms with Crippen LogP contribution in [0.4, 0.5) is 8.78 Å². The Labute approximate surface area is 100 Å². The SMILES string of the molecule is NC[C@H]1CCCCN1Cc1cc(F)cc(F)c1. The first-order valence-corrected chi connectivity index (χ1v) is 6.08. The van der Waals surface area contributed by atoms with Gasteiger partial charge in [0.15, 0.2) is 0 Å². The van der Waals surface area contributed by atoms with Gasteiger partial charge in [0.25, 0.3) is 0 Å². The maximum Gasteiger partial charge on any atom is 0.126 e. The molecule has 1 aliphatic rings. The number of nitrogens with two attached hydrogens (primary N) is 1. The zero-order chi connectivity index (χ0) is 12.3. The molecule has 4 heteroatoms.